The maximum absolute atomic E-state index is 6.19. The molecule has 2 rings (SSSR count). The molecule has 2 aromatic carbocycles. The summed E-state index contributed by atoms with van der Waals surface area (Å²) in [5.41, 5.74) is 3.74. The number of benzene rings is 2. The summed E-state index contributed by atoms with van der Waals surface area (Å²) in [5.74, 6) is 0. The quantitative estimate of drug-likeness (QED) is 0.786. The maximum atomic E-state index is 6.19. The molecule has 1 N–H and O–H groups in total. The van der Waals surface area contributed by atoms with E-state index >= 15 is 0 Å². The van der Waals surface area contributed by atoms with Gasteiger partial charge in [-0.2, -0.15) is 0 Å². The van der Waals surface area contributed by atoms with E-state index in [0.717, 1.165) is 22.5 Å². The van der Waals surface area contributed by atoms with Gasteiger partial charge in [0.2, 0.25) is 0 Å². The fourth-order valence-corrected chi connectivity index (χ4v) is 2.99. The van der Waals surface area contributed by atoms with Crippen molar-refractivity contribution in [2.75, 3.05) is 0 Å². The van der Waals surface area contributed by atoms with Gasteiger partial charge in [-0.25, -0.2) is 0 Å². The normalized spacial score (nSPS) is 12.4. The summed E-state index contributed by atoms with van der Waals surface area (Å²) in [5, 5.41) is 4.39. The van der Waals surface area contributed by atoms with E-state index in [9.17, 15) is 0 Å². The molecule has 2 aromatic rings. The highest BCUT2D eigenvalue weighted by Gasteiger charge is 2.07. The van der Waals surface area contributed by atoms with Crippen molar-refractivity contribution in [1.82, 2.24) is 5.32 Å². The van der Waals surface area contributed by atoms with E-state index in [1.165, 1.54) is 16.7 Å². The van der Waals surface area contributed by atoms with Gasteiger partial charge < -0.3 is 5.32 Å². The molecule has 0 aliphatic rings. The highest BCUT2D eigenvalue weighted by Crippen LogP contribution is 2.19. The Labute approximate surface area is 134 Å². The van der Waals surface area contributed by atoms with Crippen LogP contribution in [0.3, 0.4) is 0 Å². The number of rotatable bonds is 5. The second kappa shape index (κ2) is 7.26. The molecule has 0 aliphatic carbocycles. The fraction of sp³-hybridized carbons (Fsp3) is 0.294. The van der Waals surface area contributed by atoms with Gasteiger partial charge in [0.25, 0.3) is 0 Å². The molecular weight excluding hydrogens is 334 g/mol. The standard InChI is InChI=1S/C17H19BrClN/c1-12-7-8-15(16(18)9-12)11-20-13(2)10-14-5-3-4-6-17(14)19/h3-9,13,20H,10-11H2,1-2H3. The van der Waals surface area contributed by atoms with E-state index in [1.807, 2.05) is 18.2 Å². The number of aryl methyl sites for hydroxylation is 1. The fourth-order valence-electron chi connectivity index (χ4n) is 2.15. The van der Waals surface area contributed by atoms with Gasteiger partial charge in [-0.3, -0.25) is 0 Å². The highest BCUT2D eigenvalue weighted by atomic mass is 79.9. The van der Waals surface area contributed by atoms with Crippen LogP contribution in [0, 0.1) is 6.92 Å². The molecule has 3 heteroatoms. The van der Waals surface area contributed by atoms with Gasteiger partial charge in [-0.15, -0.1) is 0 Å². The lowest BCUT2D eigenvalue weighted by Gasteiger charge is -2.15. The monoisotopic (exact) mass is 351 g/mol. The highest BCUT2D eigenvalue weighted by molar-refractivity contribution is 9.10. The van der Waals surface area contributed by atoms with E-state index in [-0.39, 0.29) is 0 Å². The molecule has 1 atom stereocenters. The van der Waals surface area contributed by atoms with Crippen molar-refractivity contribution in [3.05, 3.63) is 68.7 Å². The van der Waals surface area contributed by atoms with Crippen LogP contribution in [0.5, 0.6) is 0 Å². The van der Waals surface area contributed by atoms with E-state index in [1.54, 1.807) is 0 Å². The first kappa shape index (κ1) is 15.6. The van der Waals surface area contributed by atoms with Crippen molar-refractivity contribution in [1.29, 1.82) is 0 Å². The Kier molecular flexibility index (Phi) is 5.64. The van der Waals surface area contributed by atoms with Gasteiger partial charge in [-0.1, -0.05) is 57.9 Å². The minimum Gasteiger partial charge on any atom is -0.310 e. The minimum absolute atomic E-state index is 0.378. The Bertz CT molecular complexity index is 583. The lowest BCUT2D eigenvalue weighted by Crippen LogP contribution is -2.27. The smallest absolute Gasteiger partial charge is 0.0438 e. The zero-order valence-electron chi connectivity index (χ0n) is 11.8. The molecule has 20 heavy (non-hydrogen) atoms. The van der Waals surface area contributed by atoms with Crippen molar-refractivity contribution < 1.29 is 0 Å². The Morgan fingerprint density at radius 2 is 1.90 bits per heavy atom. The second-order valence-electron chi connectivity index (χ2n) is 5.17. The molecule has 0 heterocycles. The van der Waals surface area contributed by atoms with Crippen molar-refractivity contribution in [3.8, 4) is 0 Å². The molecule has 1 nitrogen and oxygen atoms in total. The zero-order valence-corrected chi connectivity index (χ0v) is 14.1. The maximum Gasteiger partial charge on any atom is 0.0438 e. The van der Waals surface area contributed by atoms with Crippen LogP contribution >= 0.6 is 27.5 Å². The van der Waals surface area contributed by atoms with Crippen LogP contribution in [0.4, 0.5) is 0 Å². The molecule has 0 aromatic heterocycles. The van der Waals surface area contributed by atoms with Gasteiger partial charge in [-0.05, 0) is 49.1 Å². The third-order valence-corrected chi connectivity index (χ3v) is 4.44. The average Bonchev–Trinajstić information content (AvgIpc) is 2.40. The summed E-state index contributed by atoms with van der Waals surface area (Å²) in [7, 11) is 0. The first-order valence-corrected chi connectivity index (χ1v) is 7.95. The number of hydrogen-bond acceptors (Lipinski definition) is 1. The van der Waals surface area contributed by atoms with Gasteiger partial charge in [0.15, 0.2) is 0 Å². The topological polar surface area (TPSA) is 12.0 Å². The lowest BCUT2D eigenvalue weighted by atomic mass is 10.1. The summed E-state index contributed by atoms with van der Waals surface area (Å²) in [4.78, 5) is 0. The molecule has 106 valence electrons. The summed E-state index contributed by atoms with van der Waals surface area (Å²) in [6.07, 6.45) is 0.934. The molecule has 0 saturated carbocycles. The summed E-state index contributed by atoms with van der Waals surface area (Å²) in [6, 6.07) is 14.9. The molecule has 0 saturated heterocycles. The molecular formula is C17H19BrClN. The second-order valence-corrected chi connectivity index (χ2v) is 6.43. The van der Waals surface area contributed by atoms with Crippen LogP contribution in [-0.4, -0.2) is 6.04 Å². The molecule has 0 fully saturated rings. The minimum atomic E-state index is 0.378. The van der Waals surface area contributed by atoms with Crippen LogP contribution in [0.1, 0.15) is 23.6 Å². The SMILES string of the molecule is Cc1ccc(CNC(C)Cc2ccccc2Cl)c(Br)c1. The first-order valence-electron chi connectivity index (χ1n) is 6.78. The Balaban J connectivity index is 1.92. The molecule has 0 amide bonds. The zero-order chi connectivity index (χ0) is 14.5. The Morgan fingerprint density at radius 1 is 1.15 bits per heavy atom. The van der Waals surface area contributed by atoms with E-state index in [4.69, 9.17) is 11.6 Å². The van der Waals surface area contributed by atoms with Crippen LogP contribution in [-0.2, 0) is 13.0 Å². The van der Waals surface area contributed by atoms with E-state index in [2.05, 4.69) is 59.4 Å². The Hall–Kier alpha value is -0.830. The van der Waals surface area contributed by atoms with E-state index < -0.39 is 0 Å². The number of nitrogens with one attached hydrogen (secondary N) is 1. The van der Waals surface area contributed by atoms with Crippen LogP contribution in [0.2, 0.25) is 5.02 Å². The third-order valence-electron chi connectivity index (χ3n) is 3.33. The summed E-state index contributed by atoms with van der Waals surface area (Å²) in [6.45, 7) is 5.14. The summed E-state index contributed by atoms with van der Waals surface area (Å²) >= 11 is 9.81. The van der Waals surface area contributed by atoms with Crippen molar-refractivity contribution in [2.24, 2.45) is 0 Å². The predicted molar refractivity (Wildman–Crippen MR) is 90.3 cm³/mol. The van der Waals surface area contributed by atoms with Crippen LogP contribution in [0.25, 0.3) is 0 Å². The van der Waals surface area contributed by atoms with Gasteiger partial charge >= 0.3 is 0 Å². The molecule has 0 radical (unpaired) electrons. The van der Waals surface area contributed by atoms with Crippen LogP contribution in [0.15, 0.2) is 46.9 Å². The number of hydrogen-bond donors (Lipinski definition) is 1. The van der Waals surface area contributed by atoms with Crippen molar-refractivity contribution in [2.45, 2.75) is 32.9 Å². The van der Waals surface area contributed by atoms with Gasteiger partial charge in [0.1, 0.15) is 0 Å². The third kappa shape index (κ3) is 4.34. The Morgan fingerprint density at radius 3 is 2.60 bits per heavy atom. The predicted octanol–water partition coefficient (Wildman–Crippen LogP) is 5.13. The molecule has 0 aliphatic heterocycles. The van der Waals surface area contributed by atoms with Crippen LogP contribution < -0.4 is 5.32 Å². The summed E-state index contributed by atoms with van der Waals surface area (Å²) < 4.78 is 1.16. The van der Waals surface area contributed by atoms with Crippen molar-refractivity contribution >= 4 is 27.5 Å². The van der Waals surface area contributed by atoms with Crippen molar-refractivity contribution in [3.63, 3.8) is 0 Å². The van der Waals surface area contributed by atoms with E-state index in [0.29, 0.717) is 6.04 Å². The average molecular weight is 353 g/mol. The van der Waals surface area contributed by atoms with Gasteiger partial charge in [0.05, 0.1) is 0 Å². The number of halogens is 2. The molecule has 1 unspecified atom stereocenters. The largest absolute Gasteiger partial charge is 0.310 e. The molecule has 0 bridgehead atoms. The first-order chi connectivity index (χ1) is 9.56. The lowest BCUT2D eigenvalue weighted by molar-refractivity contribution is 0.545. The molecule has 0 spiro atoms. The van der Waals surface area contributed by atoms with Gasteiger partial charge in [0, 0.05) is 22.1 Å².